The summed E-state index contributed by atoms with van der Waals surface area (Å²) in [5, 5.41) is 8.93. The molecule has 3 heterocycles. The smallest absolute Gasteiger partial charge is 0.220 e. The molecule has 0 atom stereocenters. The summed E-state index contributed by atoms with van der Waals surface area (Å²) in [6.45, 7) is 5.15. The van der Waals surface area contributed by atoms with E-state index in [1.54, 1.807) is 11.3 Å². The van der Waals surface area contributed by atoms with Gasteiger partial charge in [0.1, 0.15) is 0 Å². The van der Waals surface area contributed by atoms with Gasteiger partial charge in [-0.2, -0.15) is 5.10 Å². The largest absolute Gasteiger partial charge is 0.376 e. The molecule has 6 nitrogen and oxygen atoms in total. The fourth-order valence-corrected chi connectivity index (χ4v) is 4.82. The second kappa shape index (κ2) is 9.50. The van der Waals surface area contributed by atoms with Crippen LogP contribution in [0.3, 0.4) is 0 Å². The number of hydrogen-bond donors (Lipinski definition) is 1. The fourth-order valence-electron chi connectivity index (χ4n) is 3.81. The van der Waals surface area contributed by atoms with E-state index in [-0.39, 0.29) is 5.91 Å². The number of aromatic nitrogens is 3. The quantitative estimate of drug-likeness (QED) is 0.582. The number of carbonyl (C=O) groups excluding carboxylic acids is 1. The SMILES string of the molecule is CCCn1nc(CCNC(=O)CCCc2nc3ccccc3s2)c2c1CCOC2. The van der Waals surface area contributed by atoms with Crippen LogP contribution in [0.2, 0.25) is 0 Å². The first-order valence-corrected chi connectivity index (χ1v) is 11.3. The highest BCUT2D eigenvalue weighted by atomic mass is 32.1. The van der Waals surface area contributed by atoms with E-state index in [1.807, 2.05) is 18.2 Å². The molecule has 29 heavy (non-hydrogen) atoms. The van der Waals surface area contributed by atoms with Crippen molar-refractivity contribution in [2.75, 3.05) is 13.2 Å². The van der Waals surface area contributed by atoms with Gasteiger partial charge in [0, 0.05) is 43.6 Å². The molecule has 7 heteroatoms. The lowest BCUT2D eigenvalue weighted by atomic mass is 10.1. The highest BCUT2D eigenvalue weighted by molar-refractivity contribution is 7.18. The van der Waals surface area contributed by atoms with Crippen molar-refractivity contribution in [1.29, 1.82) is 0 Å². The molecule has 0 aliphatic carbocycles. The molecular formula is C22H28N4O2S. The van der Waals surface area contributed by atoms with Gasteiger partial charge in [-0.25, -0.2) is 4.98 Å². The molecular weight excluding hydrogens is 384 g/mol. The minimum absolute atomic E-state index is 0.101. The molecule has 154 valence electrons. The van der Waals surface area contributed by atoms with Crippen LogP contribution in [-0.4, -0.2) is 33.8 Å². The predicted molar refractivity (Wildman–Crippen MR) is 115 cm³/mol. The summed E-state index contributed by atoms with van der Waals surface area (Å²) in [6, 6.07) is 8.17. The first-order valence-electron chi connectivity index (χ1n) is 10.5. The molecule has 3 aromatic rings. The number of aryl methyl sites for hydroxylation is 2. The number of hydrogen-bond acceptors (Lipinski definition) is 5. The van der Waals surface area contributed by atoms with Gasteiger partial charge in [-0.3, -0.25) is 9.48 Å². The molecule has 1 aliphatic rings. The highest BCUT2D eigenvalue weighted by Crippen LogP contribution is 2.23. The van der Waals surface area contributed by atoms with Crippen LogP contribution in [0.1, 0.15) is 48.1 Å². The van der Waals surface area contributed by atoms with E-state index in [0.29, 0.717) is 19.6 Å². The summed E-state index contributed by atoms with van der Waals surface area (Å²) < 4.78 is 8.97. The van der Waals surface area contributed by atoms with Crippen LogP contribution < -0.4 is 5.32 Å². The lowest BCUT2D eigenvalue weighted by Gasteiger charge is -2.14. The molecule has 2 aromatic heterocycles. The van der Waals surface area contributed by atoms with Crippen LogP contribution in [0, 0.1) is 0 Å². The Morgan fingerprint density at radius 2 is 2.21 bits per heavy atom. The zero-order valence-electron chi connectivity index (χ0n) is 16.9. The van der Waals surface area contributed by atoms with Crippen molar-refractivity contribution in [2.45, 2.75) is 58.6 Å². The molecule has 0 unspecified atom stereocenters. The second-order valence-corrected chi connectivity index (χ2v) is 8.54. The topological polar surface area (TPSA) is 69.0 Å². The Bertz CT molecular complexity index is 946. The first kappa shape index (κ1) is 20.0. The number of rotatable bonds is 9. The minimum Gasteiger partial charge on any atom is -0.376 e. The second-order valence-electron chi connectivity index (χ2n) is 7.43. The third kappa shape index (κ3) is 4.85. The number of thiazole rings is 1. The van der Waals surface area contributed by atoms with Gasteiger partial charge in [0.25, 0.3) is 0 Å². The van der Waals surface area contributed by atoms with E-state index >= 15 is 0 Å². The van der Waals surface area contributed by atoms with E-state index in [4.69, 9.17) is 9.84 Å². The summed E-state index contributed by atoms with van der Waals surface area (Å²) in [5.41, 5.74) is 4.67. The average molecular weight is 413 g/mol. The highest BCUT2D eigenvalue weighted by Gasteiger charge is 2.20. The summed E-state index contributed by atoms with van der Waals surface area (Å²) in [4.78, 5) is 16.8. The van der Waals surface area contributed by atoms with Gasteiger partial charge in [0.05, 0.1) is 34.1 Å². The molecule has 1 aliphatic heterocycles. The molecule has 1 aromatic carbocycles. The Morgan fingerprint density at radius 3 is 3.07 bits per heavy atom. The number of carbonyl (C=O) groups is 1. The maximum Gasteiger partial charge on any atom is 0.220 e. The molecule has 0 spiro atoms. The van der Waals surface area contributed by atoms with Crippen molar-refractivity contribution >= 4 is 27.5 Å². The summed E-state index contributed by atoms with van der Waals surface area (Å²) in [7, 11) is 0. The molecule has 0 saturated carbocycles. The average Bonchev–Trinajstić information content (AvgIpc) is 3.30. The fraction of sp³-hybridized carbons (Fsp3) is 0.500. The number of ether oxygens (including phenoxy) is 1. The van der Waals surface area contributed by atoms with Crippen LogP contribution in [-0.2, 0) is 41.9 Å². The van der Waals surface area contributed by atoms with Crippen LogP contribution >= 0.6 is 11.3 Å². The Morgan fingerprint density at radius 1 is 1.31 bits per heavy atom. The molecule has 0 radical (unpaired) electrons. The van der Waals surface area contributed by atoms with Crippen LogP contribution in [0.5, 0.6) is 0 Å². The van der Waals surface area contributed by atoms with E-state index in [9.17, 15) is 4.79 Å². The summed E-state index contributed by atoms with van der Waals surface area (Å²) >= 11 is 1.72. The predicted octanol–water partition coefficient (Wildman–Crippen LogP) is 3.66. The van der Waals surface area contributed by atoms with Crippen molar-refractivity contribution < 1.29 is 9.53 Å². The van der Waals surface area contributed by atoms with Crippen LogP contribution in [0.25, 0.3) is 10.2 Å². The number of fused-ring (bicyclic) bond motifs is 2. The number of para-hydroxylation sites is 1. The van der Waals surface area contributed by atoms with E-state index < -0.39 is 0 Å². The van der Waals surface area contributed by atoms with Gasteiger partial charge in [0.2, 0.25) is 5.91 Å². The summed E-state index contributed by atoms with van der Waals surface area (Å²) in [5.74, 6) is 0.101. The molecule has 0 saturated heterocycles. The molecule has 1 amide bonds. The van der Waals surface area contributed by atoms with Crippen LogP contribution in [0.15, 0.2) is 24.3 Å². The number of amides is 1. The van der Waals surface area contributed by atoms with Gasteiger partial charge >= 0.3 is 0 Å². The van der Waals surface area contributed by atoms with Crippen LogP contribution in [0.4, 0.5) is 0 Å². The summed E-state index contributed by atoms with van der Waals surface area (Å²) in [6.07, 6.45) is 4.95. The lowest BCUT2D eigenvalue weighted by molar-refractivity contribution is -0.121. The van der Waals surface area contributed by atoms with E-state index in [1.165, 1.54) is 16.0 Å². The van der Waals surface area contributed by atoms with Gasteiger partial charge in [-0.05, 0) is 31.4 Å². The monoisotopic (exact) mass is 412 g/mol. The van der Waals surface area contributed by atoms with Crippen molar-refractivity contribution in [1.82, 2.24) is 20.1 Å². The van der Waals surface area contributed by atoms with E-state index in [2.05, 4.69) is 28.0 Å². The molecule has 0 fully saturated rings. The Balaban J connectivity index is 1.23. The zero-order chi connectivity index (χ0) is 20.1. The van der Waals surface area contributed by atoms with Crippen molar-refractivity contribution in [3.05, 3.63) is 46.2 Å². The Kier molecular flexibility index (Phi) is 6.56. The Hall–Kier alpha value is -2.25. The number of nitrogens with one attached hydrogen (secondary N) is 1. The molecule has 4 rings (SSSR count). The maximum absolute atomic E-state index is 12.2. The van der Waals surface area contributed by atoms with Crippen molar-refractivity contribution in [2.24, 2.45) is 0 Å². The van der Waals surface area contributed by atoms with Crippen molar-refractivity contribution in [3.63, 3.8) is 0 Å². The Labute approximate surface area is 175 Å². The normalized spacial score (nSPS) is 13.6. The van der Waals surface area contributed by atoms with Crippen molar-refractivity contribution in [3.8, 4) is 0 Å². The third-order valence-electron chi connectivity index (χ3n) is 5.23. The third-order valence-corrected chi connectivity index (χ3v) is 6.33. The minimum atomic E-state index is 0.101. The van der Waals surface area contributed by atoms with Gasteiger partial charge in [-0.1, -0.05) is 19.1 Å². The lowest BCUT2D eigenvalue weighted by Crippen LogP contribution is -2.26. The zero-order valence-corrected chi connectivity index (χ0v) is 17.8. The molecule has 0 bridgehead atoms. The van der Waals surface area contributed by atoms with Gasteiger partial charge in [-0.15, -0.1) is 11.3 Å². The van der Waals surface area contributed by atoms with Gasteiger partial charge < -0.3 is 10.1 Å². The maximum atomic E-state index is 12.2. The standard InChI is InChI=1S/C22H28N4O2S/c1-2-13-26-19-11-14-28-15-16(19)17(25-26)10-12-23-21(27)8-5-9-22-24-18-6-3-4-7-20(18)29-22/h3-4,6-7H,2,5,8-15H2,1H3,(H,23,27). The van der Waals surface area contributed by atoms with Gasteiger partial charge in [0.15, 0.2) is 0 Å². The number of benzene rings is 1. The first-order chi connectivity index (χ1) is 14.2. The number of nitrogens with zero attached hydrogens (tertiary/aromatic N) is 3. The molecule has 1 N–H and O–H groups in total. The van der Waals surface area contributed by atoms with E-state index in [0.717, 1.165) is 61.5 Å².